The van der Waals surface area contributed by atoms with Crippen LogP contribution in [0.5, 0.6) is 0 Å². The van der Waals surface area contributed by atoms with E-state index in [0.29, 0.717) is 0 Å². The van der Waals surface area contributed by atoms with Gasteiger partial charge < -0.3 is 5.32 Å². The summed E-state index contributed by atoms with van der Waals surface area (Å²) in [7, 11) is 0. The first kappa shape index (κ1) is 15.5. The van der Waals surface area contributed by atoms with Crippen LogP contribution >= 0.6 is 11.3 Å². The van der Waals surface area contributed by atoms with Gasteiger partial charge >= 0.3 is 0 Å². The highest BCUT2D eigenvalue weighted by Gasteiger charge is 2.37. The monoisotopic (exact) mass is 306 g/mol. The first-order valence-electron chi connectivity index (χ1n) is 8.86. The van der Waals surface area contributed by atoms with E-state index in [1.54, 1.807) is 4.88 Å². The van der Waals surface area contributed by atoms with E-state index in [1.165, 1.54) is 62.9 Å². The van der Waals surface area contributed by atoms with Crippen LogP contribution in [0.25, 0.3) is 0 Å². The predicted molar refractivity (Wildman–Crippen MR) is 92.0 cm³/mol. The SMILES string of the molecule is CCCNC1CC2CCCC(C1)N2Cc1ccc(CC)s1. The molecule has 2 atom stereocenters. The first-order chi connectivity index (χ1) is 10.3. The Morgan fingerprint density at radius 1 is 1.14 bits per heavy atom. The van der Waals surface area contributed by atoms with Gasteiger partial charge in [-0.1, -0.05) is 20.3 Å². The van der Waals surface area contributed by atoms with Crippen LogP contribution in [0, 0.1) is 0 Å². The van der Waals surface area contributed by atoms with E-state index >= 15 is 0 Å². The van der Waals surface area contributed by atoms with Gasteiger partial charge in [-0.3, -0.25) is 4.90 Å². The Hall–Kier alpha value is -0.380. The maximum Gasteiger partial charge on any atom is 0.0333 e. The lowest BCUT2D eigenvalue weighted by molar-refractivity contribution is 0.0185. The third kappa shape index (κ3) is 3.69. The summed E-state index contributed by atoms with van der Waals surface area (Å²) in [5, 5.41) is 3.77. The van der Waals surface area contributed by atoms with Gasteiger partial charge in [0.1, 0.15) is 0 Å². The van der Waals surface area contributed by atoms with E-state index in [9.17, 15) is 0 Å². The van der Waals surface area contributed by atoms with Crippen molar-refractivity contribution < 1.29 is 0 Å². The predicted octanol–water partition coefficient (Wildman–Crippen LogP) is 4.20. The highest BCUT2D eigenvalue weighted by molar-refractivity contribution is 7.11. The molecule has 2 unspecified atom stereocenters. The molecule has 3 heterocycles. The molecule has 2 bridgehead atoms. The van der Waals surface area contributed by atoms with Gasteiger partial charge in [-0.25, -0.2) is 0 Å². The summed E-state index contributed by atoms with van der Waals surface area (Å²) >= 11 is 2.02. The lowest BCUT2D eigenvalue weighted by Crippen LogP contribution is -2.55. The number of hydrogen-bond donors (Lipinski definition) is 1. The number of fused-ring (bicyclic) bond motifs is 2. The van der Waals surface area contributed by atoms with Crippen molar-refractivity contribution in [1.29, 1.82) is 0 Å². The van der Waals surface area contributed by atoms with E-state index in [4.69, 9.17) is 0 Å². The fourth-order valence-electron chi connectivity index (χ4n) is 4.13. The molecule has 1 aromatic rings. The van der Waals surface area contributed by atoms with Gasteiger partial charge in [0, 0.05) is 34.4 Å². The van der Waals surface area contributed by atoms with Crippen molar-refractivity contribution in [2.45, 2.75) is 83.5 Å². The summed E-state index contributed by atoms with van der Waals surface area (Å²) < 4.78 is 0. The molecule has 2 aliphatic rings. The lowest BCUT2D eigenvalue weighted by Gasteiger charge is -2.49. The first-order valence-corrected chi connectivity index (χ1v) is 9.68. The summed E-state index contributed by atoms with van der Waals surface area (Å²) in [6.07, 6.45) is 9.42. The lowest BCUT2D eigenvalue weighted by atomic mass is 9.81. The van der Waals surface area contributed by atoms with E-state index < -0.39 is 0 Å². The molecule has 3 rings (SSSR count). The normalized spacial score (nSPS) is 29.7. The summed E-state index contributed by atoms with van der Waals surface area (Å²) in [5.74, 6) is 0. The van der Waals surface area contributed by atoms with Crippen LogP contribution in [0.4, 0.5) is 0 Å². The summed E-state index contributed by atoms with van der Waals surface area (Å²) in [5.41, 5.74) is 0. The number of nitrogens with one attached hydrogen (secondary N) is 1. The third-order valence-corrected chi connectivity index (χ3v) is 6.43. The Morgan fingerprint density at radius 3 is 2.48 bits per heavy atom. The van der Waals surface area contributed by atoms with Crippen molar-refractivity contribution in [3.8, 4) is 0 Å². The second kappa shape index (κ2) is 7.26. The standard InChI is InChI=1S/C18H30N2S/c1-3-10-19-14-11-15-6-5-7-16(12-14)20(15)13-18-9-8-17(4-2)21-18/h8-9,14-16,19H,3-7,10-13H2,1-2H3. The fourth-order valence-corrected chi connectivity index (χ4v) is 5.10. The fraction of sp³-hybridized carbons (Fsp3) is 0.778. The average Bonchev–Trinajstić information content (AvgIpc) is 2.93. The third-order valence-electron chi connectivity index (χ3n) is 5.21. The molecule has 21 heavy (non-hydrogen) atoms. The van der Waals surface area contributed by atoms with Crippen LogP contribution in [-0.4, -0.2) is 29.6 Å². The van der Waals surface area contributed by atoms with E-state index in [1.807, 2.05) is 11.3 Å². The maximum absolute atomic E-state index is 3.77. The smallest absolute Gasteiger partial charge is 0.0333 e. The molecule has 2 nitrogen and oxygen atoms in total. The van der Waals surface area contributed by atoms with Crippen LogP contribution in [0.3, 0.4) is 0 Å². The van der Waals surface area contributed by atoms with Crippen LogP contribution in [0.2, 0.25) is 0 Å². The van der Waals surface area contributed by atoms with Crippen LogP contribution in [0.15, 0.2) is 12.1 Å². The highest BCUT2D eigenvalue weighted by Crippen LogP contribution is 2.36. The Morgan fingerprint density at radius 2 is 1.86 bits per heavy atom. The van der Waals surface area contributed by atoms with E-state index in [2.05, 4.69) is 36.2 Å². The Labute approximate surface area is 133 Å². The number of rotatable bonds is 6. The topological polar surface area (TPSA) is 15.3 Å². The quantitative estimate of drug-likeness (QED) is 0.847. The summed E-state index contributed by atoms with van der Waals surface area (Å²) in [4.78, 5) is 5.94. The molecule has 1 N–H and O–H groups in total. The summed E-state index contributed by atoms with van der Waals surface area (Å²) in [6.45, 7) is 6.91. The largest absolute Gasteiger partial charge is 0.314 e. The Kier molecular flexibility index (Phi) is 5.36. The molecule has 2 saturated heterocycles. The number of hydrogen-bond acceptors (Lipinski definition) is 3. The zero-order valence-electron chi connectivity index (χ0n) is 13.6. The van der Waals surface area contributed by atoms with Crippen molar-refractivity contribution in [3.05, 3.63) is 21.9 Å². The molecule has 0 aromatic carbocycles. The van der Waals surface area contributed by atoms with Gasteiger partial charge in [-0.05, 0) is 57.2 Å². The van der Waals surface area contributed by atoms with Gasteiger partial charge in [-0.2, -0.15) is 0 Å². The molecule has 3 heteroatoms. The molecule has 2 fully saturated rings. The number of thiophene rings is 1. The van der Waals surface area contributed by atoms with Gasteiger partial charge in [0.05, 0.1) is 0 Å². The van der Waals surface area contributed by atoms with Crippen molar-refractivity contribution in [1.82, 2.24) is 10.2 Å². The van der Waals surface area contributed by atoms with Gasteiger partial charge in [0.15, 0.2) is 0 Å². The number of aryl methyl sites for hydroxylation is 1. The minimum atomic E-state index is 0.769. The van der Waals surface area contributed by atoms with Crippen molar-refractivity contribution in [2.75, 3.05) is 6.54 Å². The minimum Gasteiger partial charge on any atom is -0.314 e. The Bertz CT molecular complexity index is 428. The molecule has 0 aliphatic carbocycles. The average molecular weight is 307 g/mol. The molecule has 2 aliphatic heterocycles. The second-order valence-corrected chi connectivity index (χ2v) is 8.01. The van der Waals surface area contributed by atoms with E-state index in [-0.39, 0.29) is 0 Å². The number of nitrogens with zero attached hydrogens (tertiary/aromatic N) is 1. The minimum absolute atomic E-state index is 0.769. The molecular formula is C18H30N2S. The van der Waals surface area contributed by atoms with Crippen LogP contribution in [-0.2, 0) is 13.0 Å². The molecule has 0 radical (unpaired) electrons. The van der Waals surface area contributed by atoms with Gasteiger partial charge in [-0.15, -0.1) is 11.3 Å². The number of piperidine rings is 2. The molecule has 0 amide bonds. The van der Waals surface area contributed by atoms with Gasteiger partial charge in [0.2, 0.25) is 0 Å². The molecule has 0 saturated carbocycles. The van der Waals surface area contributed by atoms with Crippen molar-refractivity contribution in [2.24, 2.45) is 0 Å². The second-order valence-electron chi connectivity index (χ2n) is 6.75. The zero-order chi connectivity index (χ0) is 14.7. The van der Waals surface area contributed by atoms with Crippen LogP contribution < -0.4 is 5.32 Å². The molecule has 0 spiro atoms. The van der Waals surface area contributed by atoms with Gasteiger partial charge in [0.25, 0.3) is 0 Å². The zero-order valence-corrected chi connectivity index (χ0v) is 14.4. The molecule has 118 valence electrons. The maximum atomic E-state index is 3.77. The highest BCUT2D eigenvalue weighted by atomic mass is 32.1. The summed E-state index contributed by atoms with van der Waals surface area (Å²) in [6, 6.07) is 7.09. The van der Waals surface area contributed by atoms with Crippen molar-refractivity contribution >= 4 is 11.3 Å². The molecule has 1 aromatic heterocycles. The van der Waals surface area contributed by atoms with E-state index in [0.717, 1.165) is 18.1 Å². The Balaban J connectivity index is 1.63. The van der Waals surface area contributed by atoms with Crippen LogP contribution in [0.1, 0.15) is 62.1 Å². The van der Waals surface area contributed by atoms with Crippen molar-refractivity contribution in [3.63, 3.8) is 0 Å². The molecular weight excluding hydrogens is 276 g/mol.